The highest BCUT2D eigenvalue weighted by Gasteiger charge is 2.21. The summed E-state index contributed by atoms with van der Waals surface area (Å²) in [4.78, 5) is 0. The molecule has 0 aliphatic heterocycles. The molecule has 2 atom stereocenters. The average Bonchev–Trinajstić information content (AvgIpc) is 2.83. The molecule has 0 radical (unpaired) electrons. The zero-order chi connectivity index (χ0) is 15.6. The van der Waals surface area contributed by atoms with Gasteiger partial charge in [-0.3, -0.25) is 4.68 Å². The van der Waals surface area contributed by atoms with E-state index in [4.69, 9.17) is 10.5 Å². The number of ether oxygens (including phenoxy) is 1. The van der Waals surface area contributed by atoms with Gasteiger partial charge in [-0.1, -0.05) is 29.8 Å². The van der Waals surface area contributed by atoms with Gasteiger partial charge in [0.2, 0.25) is 0 Å². The van der Waals surface area contributed by atoms with Crippen molar-refractivity contribution in [3.63, 3.8) is 0 Å². The maximum atomic E-state index is 6.22. The van der Waals surface area contributed by atoms with Crippen molar-refractivity contribution in [2.45, 2.75) is 38.8 Å². The second kappa shape index (κ2) is 6.62. The largest absolute Gasteiger partial charge is 0.484 e. The van der Waals surface area contributed by atoms with E-state index in [-0.39, 0.29) is 12.1 Å². The molecule has 0 bridgehead atoms. The Kier molecular flexibility index (Phi) is 5.06. The third kappa shape index (κ3) is 3.86. The van der Waals surface area contributed by atoms with Crippen molar-refractivity contribution >= 4 is 15.9 Å². The first-order chi connectivity index (χ1) is 9.88. The molecule has 1 heterocycles. The van der Waals surface area contributed by atoms with Crippen molar-refractivity contribution in [3.05, 3.63) is 46.2 Å². The molecule has 0 saturated heterocycles. The fraction of sp³-hybridized carbons (Fsp3) is 0.438. The van der Waals surface area contributed by atoms with Crippen LogP contribution in [0.5, 0.6) is 5.75 Å². The van der Waals surface area contributed by atoms with E-state index in [9.17, 15) is 0 Å². The minimum absolute atomic E-state index is 0.127. The van der Waals surface area contributed by atoms with Crippen LogP contribution in [0.25, 0.3) is 0 Å². The predicted octanol–water partition coefficient (Wildman–Crippen LogP) is 3.77. The van der Waals surface area contributed by atoms with Crippen LogP contribution in [0.3, 0.4) is 0 Å². The number of halogens is 1. The minimum Gasteiger partial charge on any atom is -0.484 e. The van der Waals surface area contributed by atoms with E-state index in [2.05, 4.69) is 40.9 Å². The second-order valence-electron chi connectivity index (χ2n) is 5.68. The SMILES string of the molecule is CC(C)c1cc(Br)ccc1OC(c1cnn(C)c1)C(C)N. The Bertz CT molecular complexity index is 607. The highest BCUT2D eigenvalue weighted by atomic mass is 79.9. The number of aryl methyl sites for hydroxylation is 1. The normalized spacial score (nSPS) is 14.2. The third-order valence-electron chi connectivity index (χ3n) is 3.38. The van der Waals surface area contributed by atoms with Crippen LogP contribution in [0.4, 0.5) is 0 Å². The fourth-order valence-electron chi connectivity index (χ4n) is 2.28. The molecule has 0 aliphatic rings. The fourth-order valence-corrected chi connectivity index (χ4v) is 2.66. The standard InChI is InChI=1S/C16H22BrN3O/c1-10(2)14-7-13(17)5-6-15(14)21-16(11(3)18)12-8-19-20(4)9-12/h5-11,16H,18H2,1-4H3. The van der Waals surface area contributed by atoms with Crippen LogP contribution >= 0.6 is 15.9 Å². The summed E-state index contributed by atoms with van der Waals surface area (Å²) in [5.41, 5.74) is 8.27. The van der Waals surface area contributed by atoms with E-state index in [1.807, 2.05) is 38.5 Å². The lowest BCUT2D eigenvalue weighted by atomic mass is 10.0. The lowest BCUT2D eigenvalue weighted by molar-refractivity contribution is 0.178. The van der Waals surface area contributed by atoms with E-state index < -0.39 is 0 Å². The zero-order valence-electron chi connectivity index (χ0n) is 12.9. The van der Waals surface area contributed by atoms with Gasteiger partial charge in [-0.05, 0) is 36.6 Å². The van der Waals surface area contributed by atoms with Gasteiger partial charge in [-0.2, -0.15) is 5.10 Å². The number of hydrogen-bond acceptors (Lipinski definition) is 3. The maximum absolute atomic E-state index is 6.22. The molecule has 2 rings (SSSR count). The van der Waals surface area contributed by atoms with E-state index in [0.29, 0.717) is 5.92 Å². The van der Waals surface area contributed by atoms with Crippen molar-refractivity contribution in [1.82, 2.24) is 9.78 Å². The van der Waals surface area contributed by atoms with Crippen LogP contribution in [0.15, 0.2) is 35.1 Å². The molecule has 0 fully saturated rings. The number of nitrogens with zero attached hydrogens (tertiary/aromatic N) is 2. The summed E-state index contributed by atoms with van der Waals surface area (Å²) in [6.45, 7) is 6.25. The van der Waals surface area contributed by atoms with Gasteiger partial charge in [0.05, 0.1) is 6.20 Å². The van der Waals surface area contributed by atoms with Gasteiger partial charge in [0, 0.05) is 29.3 Å². The molecule has 2 N–H and O–H groups in total. The highest BCUT2D eigenvalue weighted by molar-refractivity contribution is 9.10. The van der Waals surface area contributed by atoms with E-state index in [0.717, 1.165) is 15.8 Å². The van der Waals surface area contributed by atoms with Crippen molar-refractivity contribution in [2.24, 2.45) is 12.8 Å². The summed E-state index contributed by atoms with van der Waals surface area (Å²) in [6.07, 6.45) is 3.54. The number of aromatic nitrogens is 2. The number of rotatable bonds is 5. The molecule has 1 aromatic carbocycles. The molecule has 5 heteroatoms. The molecule has 21 heavy (non-hydrogen) atoms. The van der Waals surface area contributed by atoms with Crippen molar-refractivity contribution in [1.29, 1.82) is 0 Å². The van der Waals surface area contributed by atoms with Crippen LogP contribution in [0, 0.1) is 0 Å². The van der Waals surface area contributed by atoms with Crippen LogP contribution in [0.1, 0.15) is 43.9 Å². The summed E-state index contributed by atoms with van der Waals surface area (Å²) in [5, 5.41) is 4.21. The van der Waals surface area contributed by atoms with Crippen molar-refractivity contribution < 1.29 is 4.74 Å². The quantitative estimate of drug-likeness (QED) is 0.891. The Labute approximate surface area is 134 Å². The zero-order valence-corrected chi connectivity index (χ0v) is 14.5. The third-order valence-corrected chi connectivity index (χ3v) is 3.87. The van der Waals surface area contributed by atoms with Gasteiger partial charge < -0.3 is 10.5 Å². The monoisotopic (exact) mass is 351 g/mol. The molecular formula is C16H22BrN3O. The first kappa shape index (κ1) is 16.0. The van der Waals surface area contributed by atoms with E-state index >= 15 is 0 Å². The van der Waals surface area contributed by atoms with Crippen molar-refractivity contribution in [3.8, 4) is 5.75 Å². The second-order valence-corrected chi connectivity index (χ2v) is 6.60. The molecule has 2 aromatic rings. The smallest absolute Gasteiger partial charge is 0.141 e. The van der Waals surface area contributed by atoms with Crippen LogP contribution in [0.2, 0.25) is 0 Å². The van der Waals surface area contributed by atoms with E-state index in [1.54, 1.807) is 4.68 Å². The maximum Gasteiger partial charge on any atom is 0.141 e. The molecule has 4 nitrogen and oxygen atoms in total. The Balaban J connectivity index is 2.33. The van der Waals surface area contributed by atoms with Crippen LogP contribution < -0.4 is 10.5 Å². The summed E-state index contributed by atoms with van der Waals surface area (Å²) in [5.74, 6) is 1.25. The number of benzene rings is 1. The molecule has 0 saturated carbocycles. The molecule has 114 valence electrons. The number of hydrogen-bond donors (Lipinski definition) is 1. The number of nitrogens with two attached hydrogens (primary N) is 1. The van der Waals surface area contributed by atoms with Gasteiger partial charge in [0.1, 0.15) is 11.9 Å². The molecule has 1 aromatic heterocycles. The van der Waals surface area contributed by atoms with Gasteiger partial charge >= 0.3 is 0 Å². The molecule has 0 spiro atoms. The Morgan fingerprint density at radius 3 is 2.52 bits per heavy atom. The van der Waals surface area contributed by atoms with Gasteiger partial charge in [-0.25, -0.2) is 0 Å². The van der Waals surface area contributed by atoms with Gasteiger partial charge in [-0.15, -0.1) is 0 Å². The minimum atomic E-state index is -0.211. The van der Waals surface area contributed by atoms with Crippen LogP contribution in [-0.4, -0.2) is 15.8 Å². The van der Waals surface area contributed by atoms with Crippen molar-refractivity contribution in [2.75, 3.05) is 0 Å². The summed E-state index contributed by atoms with van der Waals surface area (Å²) in [6, 6.07) is 5.95. The molecule has 0 amide bonds. The molecule has 0 aliphatic carbocycles. The summed E-state index contributed by atoms with van der Waals surface area (Å²) >= 11 is 3.51. The Hall–Kier alpha value is -1.33. The Morgan fingerprint density at radius 1 is 1.29 bits per heavy atom. The average molecular weight is 352 g/mol. The summed E-state index contributed by atoms with van der Waals surface area (Å²) in [7, 11) is 1.89. The topological polar surface area (TPSA) is 53.1 Å². The van der Waals surface area contributed by atoms with Gasteiger partial charge in [0.25, 0.3) is 0 Å². The van der Waals surface area contributed by atoms with Crippen LogP contribution in [-0.2, 0) is 7.05 Å². The summed E-state index contributed by atoms with van der Waals surface area (Å²) < 4.78 is 9.04. The predicted molar refractivity (Wildman–Crippen MR) is 88.5 cm³/mol. The lowest BCUT2D eigenvalue weighted by Gasteiger charge is -2.24. The highest BCUT2D eigenvalue weighted by Crippen LogP contribution is 2.33. The lowest BCUT2D eigenvalue weighted by Crippen LogP contribution is -2.29. The Morgan fingerprint density at radius 2 is 2.00 bits per heavy atom. The first-order valence-electron chi connectivity index (χ1n) is 7.08. The van der Waals surface area contributed by atoms with E-state index in [1.165, 1.54) is 5.56 Å². The first-order valence-corrected chi connectivity index (χ1v) is 7.88. The van der Waals surface area contributed by atoms with Gasteiger partial charge in [0.15, 0.2) is 0 Å². The molecule has 2 unspecified atom stereocenters. The molecular weight excluding hydrogens is 330 g/mol.